The molecule has 9 heteroatoms. The molecule has 154 valence electrons. The van der Waals surface area contributed by atoms with Gasteiger partial charge in [0, 0.05) is 33.8 Å². The van der Waals surface area contributed by atoms with E-state index < -0.39 is 10.0 Å². The molecule has 2 aromatic carbocycles. The van der Waals surface area contributed by atoms with Crippen molar-refractivity contribution in [2.45, 2.75) is 9.79 Å². The fourth-order valence-electron chi connectivity index (χ4n) is 3.52. The number of nitriles is 1. The van der Waals surface area contributed by atoms with Crippen molar-refractivity contribution in [1.82, 2.24) is 4.98 Å². The van der Waals surface area contributed by atoms with E-state index in [-0.39, 0.29) is 4.90 Å². The zero-order valence-electron chi connectivity index (χ0n) is 15.9. The molecule has 2 aromatic heterocycles. The molecule has 0 spiro atoms. The van der Waals surface area contributed by atoms with Crippen LogP contribution in [-0.4, -0.2) is 25.7 Å². The van der Waals surface area contributed by atoms with Crippen LogP contribution in [0.1, 0.15) is 5.56 Å². The van der Waals surface area contributed by atoms with Crippen molar-refractivity contribution in [3.8, 4) is 17.4 Å². The Kier molecular flexibility index (Phi) is 4.89. The fraction of sp³-hybridized carbons (Fsp3) is 0.0909. The fourth-order valence-corrected chi connectivity index (χ4v) is 6.43. The average molecular weight is 468 g/mol. The molecular formula is C22H14ClN3O3S2. The highest BCUT2D eigenvalue weighted by atomic mass is 35.5. The average Bonchev–Trinajstić information content (AvgIpc) is 3.21. The molecule has 6 nitrogen and oxygen atoms in total. The van der Waals surface area contributed by atoms with Gasteiger partial charge in [0.05, 0.1) is 34.0 Å². The number of sulfonamides is 1. The number of pyridine rings is 1. The predicted octanol–water partition coefficient (Wildman–Crippen LogP) is 5.32. The van der Waals surface area contributed by atoms with Gasteiger partial charge in [-0.05, 0) is 48.5 Å². The summed E-state index contributed by atoms with van der Waals surface area (Å²) in [6, 6.07) is 15.2. The lowest BCUT2D eigenvalue weighted by Crippen LogP contribution is -2.35. The molecule has 1 aliphatic heterocycles. The highest BCUT2D eigenvalue weighted by Gasteiger charge is 2.31. The zero-order valence-corrected chi connectivity index (χ0v) is 18.3. The van der Waals surface area contributed by atoms with Gasteiger partial charge in [-0.25, -0.2) is 8.42 Å². The van der Waals surface area contributed by atoms with Gasteiger partial charge in [0.2, 0.25) is 0 Å². The van der Waals surface area contributed by atoms with Crippen molar-refractivity contribution < 1.29 is 12.8 Å². The van der Waals surface area contributed by atoms with Crippen LogP contribution < -0.4 is 4.31 Å². The summed E-state index contributed by atoms with van der Waals surface area (Å²) < 4.78 is 34.1. The predicted molar refractivity (Wildman–Crippen MR) is 121 cm³/mol. The van der Waals surface area contributed by atoms with Gasteiger partial charge in [-0.2, -0.15) is 5.26 Å². The number of hydrogen-bond donors (Lipinski definition) is 0. The van der Waals surface area contributed by atoms with E-state index >= 15 is 0 Å². The second-order valence-electron chi connectivity index (χ2n) is 6.89. The Bertz CT molecular complexity index is 1460. The molecule has 0 N–H and O–H groups in total. The van der Waals surface area contributed by atoms with Crippen LogP contribution in [0.25, 0.3) is 22.3 Å². The van der Waals surface area contributed by atoms with Crippen molar-refractivity contribution in [3.05, 3.63) is 71.5 Å². The molecule has 0 unspecified atom stereocenters. The summed E-state index contributed by atoms with van der Waals surface area (Å²) in [5.41, 5.74) is 2.34. The van der Waals surface area contributed by atoms with Gasteiger partial charge in [-0.15, -0.1) is 11.8 Å². The minimum Gasteiger partial charge on any atom is -0.456 e. The maximum Gasteiger partial charge on any atom is 0.264 e. The molecule has 3 heterocycles. The van der Waals surface area contributed by atoms with E-state index in [1.165, 1.54) is 28.6 Å². The Morgan fingerprint density at radius 2 is 1.94 bits per heavy atom. The summed E-state index contributed by atoms with van der Waals surface area (Å²) >= 11 is 7.66. The van der Waals surface area contributed by atoms with E-state index in [0.717, 1.165) is 15.8 Å². The summed E-state index contributed by atoms with van der Waals surface area (Å²) in [6.45, 7) is 0.320. The highest BCUT2D eigenvalue weighted by Crippen LogP contribution is 2.44. The van der Waals surface area contributed by atoms with Crippen LogP contribution in [0.15, 0.2) is 75.1 Å². The maximum atomic E-state index is 13.3. The van der Waals surface area contributed by atoms with Crippen LogP contribution in [0.5, 0.6) is 0 Å². The quantitative estimate of drug-likeness (QED) is 0.405. The second-order valence-corrected chi connectivity index (χ2v) is 10.3. The minimum atomic E-state index is -3.81. The second kappa shape index (κ2) is 7.61. The molecule has 5 rings (SSSR count). The lowest BCUT2D eigenvalue weighted by Gasteiger charge is -2.30. The first-order chi connectivity index (χ1) is 15.0. The van der Waals surface area contributed by atoms with E-state index in [0.29, 0.717) is 39.9 Å². The monoisotopic (exact) mass is 467 g/mol. The number of fused-ring (bicyclic) bond motifs is 2. The Labute approximate surface area is 188 Å². The summed E-state index contributed by atoms with van der Waals surface area (Å²) in [4.78, 5) is 5.23. The van der Waals surface area contributed by atoms with Crippen molar-refractivity contribution >= 4 is 50.0 Å². The summed E-state index contributed by atoms with van der Waals surface area (Å²) in [5, 5.41) is 10.5. The SMILES string of the molecule is N#Cc1ccc(S(=O)(=O)N2CCSc3c(-c4cc5cc(Cl)ccc5o4)cncc32)cc1. The third-order valence-corrected chi connectivity index (χ3v) is 8.17. The smallest absolute Gasteiger partial charge is 0.264 e. The molecule has 0 aliphatic carbocycles. The Balaban J connectivity index is 1.61. The maximum absolute atomic E-state index is 13.3. The molecule has 0 fully saturated rings. The van der Waals surface area contributed by atoms with E-state index in [9.17, 15) is 8.42 Å². The van der Waals surface area contributed by atoms with Gasteiger partial charge in [0.1, 0.15) is 11.3 Å². The Morgan fingerprint density at radius 1 is 1.13 bits per heavy atom. The number of benzene rings is 2. The Hall–Kier alpha value is -2.99. The van der Waals surface area contributed by atoms with Gasteiger partial charge >= 0.3 is 0 Å². The molecule has 0 amide bonds. The first-order valence-electron chi connectivity index (χ1n) is 9.30. The lowest BCUT2D eigenvalue weighted by atomic mass is 10.2. The molecular weight excluding hydrogens is 454 g/mol. The summed E-state index contributed by atoms with van der Waals surface area (Å²) in [6.07, 6.45) is 3.24. The molecule has 31 heavy (non-hydrogen) atoms. The molecule has 0 saturated heterocycles. The first-order valence-corrected chi connectivity index (χ1v) is 12.1. The van der Waals surface area contributed by atoms with Crippen molar-refractivity contribution in [2.75, 3.05) is 16.6 Å². The minimum absolute atomic E-state index is 0.133. The third-order valence-electron chi connectivity index (χ3n) is 5.00. The van der Waals surface area contributed by atoms with Gasteiger partial charge in [-0.1, -0.05) is 11.6 Å². The van der Waals surface area contributed by atoms with Crippen molar-refractivity contribution in [1.29, 1.82) is 5.26 Å². The van der Waals surface area contributed by atoms with Crippen LogP contribution in [0.2, 0.25) is 5.02 Å². The molecule has 1 aliphatic rings. The summed E-state index contributed by atoms with van der Waals surface area (Å²) in [5.74, 6) is 1.19. The van der Waals surface area contributed by atoms with Crippen LogP contribution in [0.4, 0.5) is 5.69 Å². The van der Waals surface area contributed by atoms with Crippen LogP contribution >= 0.6 is 23.4 Å². The molecule has 0 atom stereocenters. The van der Waals surface area contributed by atoms with Gasteiger partial charge in [0.25, 0.3) is 10.0 Å². The molecule has 4 aromatic rings. The molecule has 0 saturated carbocycles. The van der Waals surface area contributed by atoms with E-state index in [1.807, 2.05) is 18.2 Å². The van der Waals surface area contributed by atoms with E-state index in [2.05, 4.69) is 4.98 Å². The Morgan fingerprint density at radius 3 is 2.71 bits per heavy atom. The largest absolute Gasteiger partial charge is 0.456 e. The molecule has 0 radical (unpaired) electrons. The third kappa shape index (κ3) is 3.45. The number of thioether (sulfide) groups is 1. The number of furan rings is 1. The van der Waals surface area contributed by atoms with Crippen LogP contribution in [-0.2, 0) is 10.0 Å². The standard InChI is InChI=1S/C22H14ClN3O3S2/c23-16-3-6-20-15(9-16)10-21(29-20)18-12-25-13-19-22(18)30-8-7-26(19)31(27,28)17-4-1-14(11-24)2-5-17/h1-6,9-10,12-13H,7-8H2. The van der Waals surface area contributed by atoms with Crippen molar-refractivity contribution in [3.63, 3.8) is 0 Å². The highest BCUT2D eigenvalue weighted by molar-refractivity contribution is 8.00. The number of nitrogens with zero attached hydrogens (tertiary/aromatic N) is 3. The first kappa shape index (κ1) is 19.9. The number of hydrogen-bond acceptors (Lipinski definition) is 6. The topological polar surface area (TPSA) is 87.2 Å². The summed E-state index contributed by atoms with van der Waals surface area (Å²) in [7, 11) is -3.81. The van der Waals surface area contributed by atoms with Gasteiger partial charge in [-0.3, -0.25) is 9.29 Å². The molecule has 0 bridgehead atoms. The number of aromatic nitrogens is 1. The van der Waals surface area contributed by atoms with Crippen LogP contribution in [0, 0.1) is 11.3 Å². The van der Waals surface area contributed by atoms with Gasteiger partial charge in [0.15, 0.2) is 0 Å². The normalized spacial score (nSPS) is 13.7. The van der Waals surface area contributed by atoms with E-state index in [1.54, 1.807) is 36.3 Å². The van der Waals surface area contributed by atoms with Crippen LogP contribution in [0.3, 0.4) is 0 Å². The van der Waals surface area contributed by atoms with Crippen molar-refractivity contribution in [2.24, 2.45) is 0 Å². The number of halogens is 1. The lowest BCUT2D eigenvalue weighted by molar-refractivity contribution is 0.591. The zero-order chi connectivity index (χ0) is 21.6. The number of anilines is 1. The van der Waals surface area contributed by atoms with Gasteiger partial charge < -0.3 is 4.42 Å². The number of rotatable bonds is 3. The van der Waals surface area contributed by atoms with E-state index in [4.69, 9.17) is 21.3 Å².